The van der Waals surface area contributed by atoms with Crippen molar-refractivity contribution in [2.75, 3.05) is 44.9 Å². The summed E-state index contributed by atoms with van der Waals surface area (Å²) in [5.41, 5.74) is 3.50. The van der Waals surface area contributed by atoms with E-state index in [-0.39, 0.29) is 0 Å². The Morgan fingerprint density at radius 1 is 1.07 bits per heavy atom. The van der Waals surface area contributed by atoms with E-state index >= 15 is 0 Å². The molecule has 0 radical (unpaired) electrons. The summed E-state index contributed by atoms with van der Waals surface area (Å²) >= 11 is 0. The molecule has 1 aliphatic heterocycles. The molecule has 0 unspecified atom stereocenters. The Kier molecular flexibility index (Phi) is 5.75. The van der Waals surface area contributed by atoms with E-state index < -0.39 is 6.17 Å². The maximum absolute atomic E-state index is 12.4. The number of fused-ring (bicyclic) bond motifs is 2. The van der Waals surface area contributed by atoms with Crippen LogP contribution in [0.1, 0.15) is 12.8 Å². The topological polar surface area (TPSA) is 87.7 Å². The molecule has 0 aromatic carbocycles. The zero-order chi connectivity index (χ0) is 21.1. The minimum Gasteiger partial charge on any atom is -0.371 e. The fourth-order valence-corrected chi connectivity index (χ4v) is 3.57. The van der Waals surface area contributed by atoms with Gasteiger partial charge in [-0.15, -0.1) is 5.10 Å². The van der Waals surface area contributed by atoms with E-state index in [4.69, 9.17) is 0 Å². The smallest absolute Gasteiger partial charge is 0.242 e. The van der Waals surface area contributed by atoms with E-state index in [1.807, 2.05) is 49.6 Å². The fourth-order valence-electron chi connectivity index (χ4n) is 3.57. The second-order valence-corrected chi connectivity index (χ2v) is 7.26. The highest BCUT2D eigenvalue weighted by atomic mass is 19.1. The van der Waals surface area contributed by atoms with Gasteiger partial charge in [-0.2, -0.15) is 10.1 Å². The lowest BCUT2D eigenvalue weighted by Gasteiger charge is -2.24. The lowest BCUT2D eigenvalue weighted by atomic mass is 10.1. The van der Waals surface area contributed by atoms with Crippen molar-refractivity contribution in [1.82, 2.24) is 34.1 Å². The highest BCUT2D eigenvalue weighted by Gasteiger charge is 2.15. The van der Waals surface area contributed by atoms with Crippen molar-refractivity contribution in [2.24, 2.45) is 0 Å². The van der Waals surface area contributed by atoms with Crippen LogP contribution in [0.3, 0.4) is 0 Å². The van der Waals surface area contributed by atoms with E-state index in [1.165, 1.54) is 0 Å². The predicted molar refractivity (Wildman–Crippen MR) is 116 cm³/mol. The SMILES string of the molecule is CN1CCC[C@@H](F)C1.CNc1nc(NC)c2c(-c3ccc4nccn4n3)ccn2n1. The summed E-state index contributed by atoms with van der Waals surface area (Å²) in [6.07, 6.45) is 6.68. The summed E-state index contributed by atoms with van der Waals surface area (Å²) in [5, 5.41) is 15.1. The third-order valence-corrected chi connectivity index (χ3v) is 5.07. The van der Waals surface area contributed by atoms with Gasteiger partial charge in [-0.25, -0.2) is 18.4 Å². The van der Waals surface area contributed by atoms with Crippen molar-refractivity contribution in [3.05, 3.63) is 36.8 Å². The molecule has 158 valence electrons. The average molecular weight is 411 g/mol. The predicted octanol–water partition coefficient (Wildman–Crippen LogP) is 2.57. The number of aromatic nitrogens is 6. The zero-order valence-electron chi connectivity index (χ0n) is 17.4. The quantitative estimate of drug-likeness (QED) is 0.536. The maximum atomic E-state index is 12.4. The first-order chi connectivity index (χ1) is 14.6. The molecule has 0 spiro atoms. The molecule has 9 nitrogen and oxygen atoms in total. The van der Waals surface area contributed by atoms with Gasteiger partial charge in [0.25, 0.3) is 0 Å². The molecule has 0 amide bonds. The van der Waals surface area contributed by atoms with Crippen LogP contribution in [-0.4, -0.2) is 74.5 Å². The standard InChI is InChI=1S/C14H14N8.C6H12FN/c1-15-13-12-9(5-7-22(12)20-14(16-2)18-13)10-3-4-11-17-6-8-21(11)19-10;1-8-4-2-3-6(7)5-8/h3-8H,1-2H3,(H2,15,16,18,20);6H,2-5H2,1H3/t;6-/m.1/s1. The van der Waals surface area contributed by atoms with Gasteiger partial charge in [0.1, 0.15) is 11.7 Å². The lowest BCUT2D eigenvalue weighted by molar-refractivity contribution is 0.163. The second-order valence-electron chi connectivity index (χ2n) is 7.26. The number of alkyl halides is 1. The summed E-state index contributed by atoms with van der Waals surface area (Å²) in [6, 6.07) is 5.87. The van der Waals surface area contributed by atoms with Crippen LogP contribution in [0, 0.1) is 0 Å². The van der Waals surface area contributed by atoms with Gasteiger partial charge in [0.15, 0.2) is 11.5 Å². The van der Waals surface area contributed by atoms with Crippen molar-refractivity contribution in [1.29, 1.82) is 0 Å². The number of hydrogen-bond donors (Lipinski definition) is 2. The Morgan fingerprint density at radius 3 is 2.63 bits per heavy atom. The number of rotatable bonds is 3. The van der Waals surface area contributed by atoms with Gasteiger partial charge in [0.2, 0.25) is 5.95 Å². The first-order valence-corrected chi connectivity index (χ1v) is 9.97. The van der Waals surface area contributed by atoms with Crippen LogP contribution in [0.25, 0.3) is 22.4 Å². The molecule has 5 rings (SSSR count). The molecule has 10 heteroatoms. The molecule has 4 aromatic heterocycles. The van der Waals surface area contributed by atoms with Crippen LogP contribution in [0.15, 0.2) is 36.8 Å². The monoisotopic (exact) mass is 411 g/mol. The molecular formula is C20H26FN9. The normalized spacial score (nSPS) is 17.0. The van der Waals surface area contributed by atoms with Crippen LogP contribution in [0.2, 0.25) is 0 Å². The van der Waals surface area contributed by atoms with E-state index in [2.05, 4.69) is 30.8 Å². The molecule has 1 saturated heterocycles. The molecule has 4 aromatic rings. The molecule has 0 saturated carbocycles. The van der Waals surface area contributed by atoms with Crippen molar-refractivity contribution >= 4 is 22.9 Å². The van der Waals surface area contributed by atoms with Gasteiger partial charge in [-0.05, 0) is 44.6 Å². The summed E-state index contributed by atoms with van der Waals surface area (Å²) < 4.78 is 15.9. The van der Waals surface area contributed by atoms with Gasteiger partial charge < -0.3 is 15.5 Å². The minimum absolute atomic E-state index is 0.553. The first kappa shape index (κ1) is 20.0. The van der Waals surface area contributed by atoms with Crippen molar-refractivity contribution in [3.63, 3.8) is 0 Å². The molecule has 0 aliphatic carbocycles. The molecule has 0 bridgehead atoms. The molecule has 1 atom stereocenters. The number of nitrogens with zero attached hydrogens (tertiary/aromatic N) is 7. The second kappa shape index (κ2) is 8.62. The summed E-state index contributed by atoms with van der Waals surface area (Å²) in [5.74, 6) is 1.30. The molecule has 5 heterocycles. The first-order valence-electron chi connectivity index (χ1n) is 9.97. The van der Waals surface area contributed by atoms with E-state index in [0.29, 0.717) is 12.5 Å². The number of halogens is 1. The van der Waals surface area contributed by atoms with E-state index in [9.17, 15) is 4.39 Å². The summed E-state index contributed by atoms with van der Waals surface area (Å²) in [4.78, 5) is 10.7. The summed E-state index contributed by atoms with van der Waals surface area (Å²) in [6.45, 7) is 1.71. The average Bonchev–Trinajstić information content (AvgIpc) is 3.39. The molecular weight excluding hydrogens is 385 g/mol. The van der Waals surface area contributed by atoms with Crippen LogP contribution < -0.4 is 10.6 Å². The Hall–Kier alpha value is -3.27. The highest BCUT2D eigenvalue weighted by Crippen LogP contribution is 2.28. The lowest BCUT2D eigenvalue weighted by Crippen LogP contribution is -2.32. The fraction of sp³-hybridized carbons (Fsp3) is 0.400. The third kappa shape index (κ3) is 4.04. The van der Waals surface area contributed by atoms with Crippen molar-refractivity contribution in [3.8, 4) is 11.3 Å². The number of likely N-dealkylation sites (tertiary alicyclic amines) is 1. The Labute approximate surface area is 173 Å². The molecule has 30 heavy (non-hydrogen) atoms. The maximum Gasteiger partial charge on any atom is 0.242 e. The van der Waals surface area contributed by atoms with E-state index in [1.54, 1.807) is 22.3 Å². The molecule has 1 fully saturated rings. The van der Waals surface area contributed by atoms with E-state index in [0.717, 1.165) is 47.6 Å². The Morgan fingerprint density at radius 2 is 1.93 bits per heavy atom. The van der Waals surface area contributed by atoms with Gasteiger partial charge in [0.05, 0.1) is 5.69 Å². The highest BCUT2D eigenvalue weighted by molar-refractivity contribution is 5.87. The van der Waals surface area contributed by atoms with Crippen LogP contribution in [-0.2, 0) is 0 Å². The van der Waals surface area contributed by atoms with Gasteiger partial charge >= 0.3 is 0 Å². The largest absolute Gasteiger partial charge is 0.371 e. The van der Waals surface area contributed by atoms with Crippen molar-refractivity contribution < 1.29 is 4.39 Å². The molecule has 1 aliphatic rings. The van der Waals surface area contributed by atoms with Crippen molar-refractivity contribution in [2.45, 2.75) is 19.0 Å². The number of anilines is 2. The van der Waals surface area contributed by atoms with Gasteiger partial charge in [0, 0.05) is 44.8 Å². The minimum atomic E-state index is -0.561. The Bertz CT molecular complexity index is 1130. The third-order valence-electron chi connectivity index (χ3n) is 5.07. The number of nitrogens with one attached hydrogen (secondary N) is 2. The zero-order valence-corrected chi connectivity index (χ0v) is 17.4. The van der Waals surface area contributed by atoms with Crippen LogP contribution in [0.4, 0.5) is 16.2 Å². The van der Waals surface area contributed by atoms with Crippen LogP contribution in [0.5, 0.6) is 0 Å². The number of piperidine rings is 1. The number of imidazole rings is 1. The van der Waals surface area contributed by atoms with Gasteiger partial charge in [-0.1, -0.05) is 0 Å². The Balaban J connectivity index is 0.000000230. The van der Waals surface area contributed by atoms with Crippen LogP contribution >= 0.6 is 0 Å². The number of hydrogen-bond acceptors (Lipinski definition) is 7. The van der Waals surface area contributed by atoms with Gasteiger partial charge in [-0.3, -0.25) is 0 Å². The molecule has 2 N–H and O–H groups in total. The summed E-state index contributed by atoms with van der Waals surface area (Å²) in [7, 11) is 5.59.